The van der Waals surface area contributed by atoms with E-state index in [-0.39, 0.29) is 18.6 Å². The third-order valence-electron chi connectivity index (χ3n) is 3.54. The molecule has 0 radical (unpaired) electrons. The summed E-state index contributed by atoms with van der Waals surface area (Å²) in [6.45, 7) is 3.21. The predicted octanol–water partition coefficient (Wildman–Crippen LogP) is 1.98. The summed E-state index contributed by atoms with van der Waals surface area (Å²) in [6, 6.07) is 5.60. The zero-order chi connectivity index (χ0) is 13.8. The third kappa shape index (κ3) is 3.19. The molecule has 5 heteroatoms. The van der Waals surface area contributed by atoms with Gasteiger partial charge in [-0.05, 0) is 31.9 Å². The monoisotopic (exact) mass is 282 g/mol. The minimum absolute atomic E-state index is 0.00711. The van der Waals surface area contributed by atoms with Crippen LogP contribution in [0.4, 0.5) is 0 Å². The van der Waals surface area contributed by atoms with E-state index >= 15 is 0 Å². The van der Waals surface area contributed by atoms with Gasteiger partial charge in [0.2, 0.25) is 0 Å². The van der Waals surface area contributed by atoms with Crippen molar-refractivity contribution in [1.29, 1.82) is 0 Å². The Morgan fingerprint density at radius 1 is 1.58 bits per heavy atom. The molecule has 1 heterocycles. The first-order valence-electron chi connectivity index (χ1n) is 6.51. The van der Waals surface area contributed by atoms with Crippen molar-refractivity contribution in [3.63, 3.8) is 0 Å². The van der Waals surface area contributed by atoms with Gasteiger partial charge in [-0.25, -0.2) is 0 Å². The van der Waals surface area contributed by atoms with Gasteiger partial charge in [-0.3, -0.25) is 4.79 Å². The predicted molar refractivity (Wildman–Crippen MR) is 75.5 cm³/mol. The normalized spacial score (nSPS) is 18.7. The SMILES string of the molecule is Cc1c(Cl)cccc1OCC(=O)N1CCC[C@@H]1CN. The highest BCUT2D eigenvalue weighted by Crippen LogP contribution is 2.25. The summed E-state index contributed by atoms with van der Waals surface area (Å²) in [5.74, 6) is 0.650. The first-order valence-corrected chi connectivity index (χ1v) is 6.88. The Morgan fingerprint density at radius 3 is 3.11 bits per heavy atom. The van der Waals surface area contributed by atoms with Gasteiger partial charge in [0.05, 0.1) is 0 Å². The molecule has 19 heavy (non-hydrogen) atoms. The van der Waals surface area contributed by atoms with Gasteiger partial charge in [-0.2, -0.15) is 0 Å². The van der Waals surface area contributed by atoms with Crippen molar-refractivity contribution in [1.82, 2.24) is 4.90 Å². The molecule has 1 saturated heterocycles. The molecule has 1 aromatic rings. The van der Waals surface area contributed by atoms with Crippen molar-refractivity contribution in [3.05, 3.63) is 28.8 Å². The lowest BCUT2D eigenvalue weighted by Gasteiger charge is -2.23. The summed E-state index contributed by atoms with van der Waals surface area (Å²) in [5.41, 5.74) is 6.52. The number of amides is 1. The number of hydrogen-bond acceptors (Lipinski definition) is 3. The second-order valence-corrected chi connectivity index (χ2v) is 5.18. The van der Waals surface area contributed by atoms with Crippen LogP contribution in [0.25, 0.3) is 0 Å². The maximum absolute atomic E-state index is 12.1. The van der Waals surface area contributed by atoms with Crippen LogP contribution in [0.1, 0.15) is 18.4 Å². The number of hydrogen-bond donors (Lipinski definition) is 1. The quantitative estimate of drug-likeness (QED) is 0.919. The fourth-order valence-corrected chi connectivity index (χ4v) is 2.54. The lowest BCUT2D eigenvalue weighted by molar-refractivity contribution is -0.134. The molecule has 0 bridgehead atoms. The smallest absolute Gasteiger partial charge is 0.260 e. The lowest BCUT2D eigenvalue weighted by atomic mass is 10.2. The highest BCUT2D eigenvalue weighted by Gasteiger charge is 2.27. The number of benzene rings is 1. The van der Waals surface area contributed by atoms with E-state index in [0.29, 0.717) is 17.3 Å². The van der Waals surface area contributed by atoms with Crippen molar-refractivity contribution in [3.8, 4) is 5.75 Å². The van der Waals surface area contributed by atoms with E-state index in [4.69, 9.17) is 22.1 Å². The summed E-state index contributed by atoms with van der Waals surface area (Å²) in [4.78, 5) is 13.9. The Kier molecular flexibility index (Phi) is 4.66. The van der Waals surface area contributed by atoms with Gasteiger partial charge in [0.1, 0.15) is 5.75 Å². The molecular formula is C14H19ClN2O2. The average molecular weight is 283 g/mol. The van der Waals surface area contributed by atoms with Crippen LogP contribution in [0.5, 0.6) is 5.75 Å². The van der Waals surface area contributed by atoms with Crippen molar-refractivity contribution in [2.75, 3.05) is 19.7 Å². The molecule has 0 spiro atoms. The molecule has 1 aliphatic rings. The molecule has 0 saturated carbocycles. The number of carbonyl (C=O) groups excluding carboxylic acids is 1. The number of halogens is 1. The van der Waals surface area contributed by atoms with Crippen LogP contribution < -0.4 is 10.5 Å². The fourth-order valence-electron chi connectivity index (χ4n) is 2.38. The van der Waals surface area contributed by atoms with E-state index in [0.717, 1.165) is 24.9 Å². The van der Waals surface area contributed by atoms with Gasteiger partial charge in [0, 0.05) is 29.7 Å². The second kappa shape index (κ2) is 6.26. The largest absolute Gasteiger partial charge is 0.483 e. The van der Waals surface area contributed by atoms with E-state index in [1.54, 1.807) is 6.07 Å². The third-order valence-corrected chi connectivity index (χ3v) is 3.95. The van der Waals surface area contributed by atoms with Gasteiger partial charge < -0.3 is 15.4 Å². The minimum Gasteiger partial charge on any atom is -0.483 e. The Hall–Kier alpha value is -1.26. The van der Waals surface area contributed by atoms with Crippen molar-refractivity contribution in [2.24, 2.45) is 5.73 Å². The van der Waals surface area contributed by atoms with Crippen molar-refractivity contribution in [2.45, 2.75) is 25.8 Å². The second-order valence-electron chi connectivity index (χ2n) is 4.77. The van der Waals surface area contributed by atoms with Gasteiger partial charge in [0.25, 0.3) is 5.91 Å². The van der Waals surface area contributed by atoms with Crippen LogP contribution in [0.15, 0.2) is 18.2 Å². The average Bonchev–Trinajstić information content (AvgIpc) is 2.88. The van der Waals surface area contributed by atoms with Gasteiger partial charge >= 0.3 is 0 Å². The van der Waals surface area contributed by atoms with E-state index in [1.807, 2.05) is 24.0 Å². The number of rotatable bonds is 4. The molecule has 1 aliphatic heterocycles. The van der Waals surface area contributed by atoms with Crippen LogP contribution in [0, 0.1) is 6.92 Å². The highest BCUT2D eigenvalue weighted by atomic mass is 35.5. The number of carbonyl (C=O) groups is 1. The van der Waals surface area contributed by atoms with Crippen LogP contribution in [0.3, 0.4) is 0 Å². The first-order chi connectivity index (χ1) is 9.13. The van der Waals surface area contributed by atoms with Gasteiger partial charge in [0.15, 0.2) is 6.61 Å². The standard InChI is InChI=1S/C14H19ClN2O2/c1-10-12(15)5-2-6-13(10)19-9-14(18)17-7-3-4-11(17)8-16/h2,5-6,11H,3-4,7-9,16H2,1H3/t11-/m1/s1. The summed E-state index contributed by atoms with van der Waals surface area (Å²) in [5, 5.41) is 0.644. The fraction of sp³-hybridized carbons (Fsp3) is 0.500. The van der Waals surface area contributed by atoms with E-state index in [2.05, 4.69) is 0 Å². The highest BCUT2D eigenvalue weighted by molar-refractivity contribution is 6.31. The summed E-state index contributed by atoms with van der Waals surface area (Å²) >= 11 is 6.01. The molecule has 1 fully saturated rings. The molecule has 1 amide bonds. The molecule has 1 atom stereocenters. The number of nitrogens with zero attached hydrogens (tertiary/aromatic N) is 1. The van der Waals surface area contributed by atoms with Crippen molar-refractivity contribution >= 4 is 17.5 Å². The molecular weight excluding hydrogens is 264 g/mol. The van der Waals surface area contributed by atoms with Crippen LogP contribution in [-0.2, 0) is 4.79 Å². The molecule has 1 aromatic carbocycles. The van der Waals surface area contributed by atoms with E-state index < -0.39 is 0 Å². The lowest BCUT2D eigenvalue weighted by Crippen LogP contribution is -2.42. The zero-order valence-electron chi connectivity index (χ0n) is 11.1. The molecule has 0 unspecified atom stereocenters. The Morgan fingerprint density at radius 2 is 2.37 bits per heavy atom. The topological polar surface area (TPSA) is 55.6 Å². The number of nitrogens with two attached hydrogens (primary N) is 1. The van der Waals surface area contributed by atoms with Crippen LogP contribution >= 0.6 is 11.6 Å². The molecule has 2 N–H and O–H groups in total. The summed E-state index contributed by atoms with van der Waals surface area (Å²) in [7, 11) is 0. The zero-order valence-corrected chi connectivity index (χ0v) is 11.8. The maximum Gasteiger partial charge on any atom is 0.260 e. The molecule has 0 aromatic heterocycles. The molecule has 4 nitrogen and oxygen atoms in total. The Balaban J connectivity index is 1.95. The maximum atomic E-state index is 12.1. The van der Waals surface area contributed by atoms with E-state index in [9.17, 15) is 4.79 Å². The van der Waals surface area contributed by atoms with Gasteiger partial charge in [-0.1, -0.05) is 17.7 Å². The molecule has 104 valence electrons. The minimum atomic E-state index is -0.00711. The number of ether oxygens (including phenoxy) is 1. The van der Waals surface area contributed by atoms with Gasteiger partial charge in [-0.15, -0.1) is 0 Å². The van der Waals surface area contributed by atoms with Crippen LogP contribution in [0.2, 0.25) is 5.02 Å². The van der Waals surface area contributed by atoms with Crippen molar-refractivity contribution < 1.29 is 9.53 Å². The summed E-state index contributed by atoms with van der Waals surface area (Å²) in [6.07, 6.45) is 2.00. The number of likely N-dealkylation sites (tertiary alicyclic amines) is 1. The Labute approximate surface area is 118 Å². The molecule has 0 aliphatic carbocycles. The Bertz CT molecular complexity index is 465. The first kappa shape index (κ1) is 14.2. The summed E-state index contributed by atoms with van der Waals surface area (Å²) < 4.78 is 5.57. The van der Waals surface area contributed by atoms with E-state index in [1.165, 1.54) is 0 Å². The van der Waals surface area contributed by atoms with Crippen LogP contribution in [-0.4, -0.2) is 36.5 Å². The molecule has 2 rings (SSSR count).